The van der Waals surface area contributed by atoms with Crippen molar-refractivity contribution < 1.29 is 37.9 Å². The number of Topliss-reactive ketones (excluding diaryl/α,β-unsaturated/α-hetero) is 2. The predicted octanol–water partition coefficient (Wildman–Crippen LogP) is 7.12. The van der Waals surface area contributed by atoms with Crippen LogP contribution >= 0.6 is 11.6 Å². The van der Waals surface area contributed by atoms with Crippen LogP contribution in [0.3, 0.4) is 0 Å². The van der Waals surface area contributed by atoms with Gasteiger partial charge in [-0.05, 0) is 54.9 Å². The number of aldehydes is 1. The molecule has 2 aromatic rings. The van der Waals surface area contributed by atoms with Gasteiger partial charge in [-0.15, -0.1) is 0 Å². The lowest BCUT2D eigenvalue weighted by atomic mass is 9.59. The highest BCUT2D eigenvalue weighted by Gasteiger charge is 2.66. The van der Waals surface area contributed by atoms with Crippen LogP contribution in [0.1, 0.15) is 104 Å². The molecule has 3 aliphatic rings. The van der Waals surface area contributed by atoms with Crippen molar-refractivity contribution in [2.24, 2.45) is 11.8 Å². The minimum atomic E-state index is -2.79. The number of unbranched alkanes of at least 4 members (excludes halogenated alkanes) is 2. The number of ether oxygens (including phenoxy) is 2. The Morgan fingerprint density at radius 2 is 1.73 bits per heavy atom. The summed E-state index contributed by atoms with van der Waals surface area (Å²) in [7, 11) is -2.79. The molecule has 1 N–H and O–H groups in total. The number of pyridine rings is 1. The highest BCUT2D eigenvalue weighted by Crippen LogP contribution is 2.56. The van der Waals surface area contributed by atoms with Gasteiger partial charge < -0.3 is 23.5 Å². The molecule has 0 saturated heterocycles. The predicted molar refractivity (Wildman–Crippen MR) is 171 cm³/mol. The molecule has 1 saturated carbocycles. The van der Waals surface area contributed by atoms with E-state index in [1.165, 1.54) is 0 Å². The largest absolute Gasteiger partial charge is 0.507 e. The first kappa shape index (κ1) is 33.3. The number of fused-ring (bicyclic) bond motifs is 4. The van der Waals surface area contributed by atoms with E-state index in [-0.39, 0.29) is 69.4 Å². The lowest BCUT2D eigenvalue weighted by molar-refractivity contribution is -0.136. The average Bonchev–Trinajstić information content (AvgIpc) is 3.37. The van der Waals surface area contributed by atoms with Crippen molar-refractivity contribution in [1.82, 2.24) is 10.1 Å². The number of aliphatic hydroxyl groups is 1. The lowest BCUT2D eigenvalue weighted by Gasteiger charge is -2.52. The molecule has 0 aromatic carbocycles. The van der Waals surface area contributed by atoms with Crippen LogP contribution in [0.4, 0.5) is 0 Å². The van der Waals surface area contributed by atoms with Gasteiger partial charge in [0.05, 0.1) is 18.8 Å². The fraction of sp³-hybridized carbons (Fsp3) is 0.606. The van der Waals surface area contributed by atoms with E-state index in [4.69, 9.17) is 30.0 Å². The van der Waals surface area contributed by atoms with Gasteiger partial charge in [0.15, 0.2) is 31.7 Å². The first-order chi connectivity index (χ1) is 21.2. The van der Waals surface area contributed by atoms with Gasteiger partial charge in [0, 0.05) is 23.5 Å². The normalized spacial score (nSPS) is 22.8. The standard InChI is InChI=1S/C33H43ClN2O8Si/c1-8-10-12-41-27-21(17-37)35-30(34)20-15-18-14-19-16-22-25(31(36-43-22)42-13-11-9-2)29(40)33(19,44-45(6,7)32(3,4)5)28(39)23(18)26(38)24(20)27/h17-19,38H,8-16H2,1-7H3/t18?,19?,33-/m0/s1. The highest BCUT2D eigenvalue weighted by molar-refractivity contribution is 6.74. The van der Waals surface area contributed by atoms with Crippen LogP contribution in [0.15, 0.2) is 10.1 Å². The molecule has 1 fully saturated rings. The van der Waals surface area contributed by atoms with Crippen molar-refractivity contribution in [3.05, 3.63) is 38.9 Å². The third kappa shape index (κ3) is 5.44. The molecule has 3 atom stereocenters. The molecule has 2 heterocycles. The van der Waals surface area contributed by atoms with Gasteiger partial charge in [-0.1, -0.05) is 59.1 Å². The second-order valence-corrected chi connectivity index (χ2v) is 18.9. The zero-order chi connectivity index (χ0) is 32.9. The van der Waals surface area contributed by atoms with Crippen LogP contribution in [0.25, 0.3) is 5.76 Å². The zero-order valence-corrected chi connectivity index (χ0v) is 28.9. The first-order valence-corrected chi connectivity index (χ1v) is 19.2. The second kappa shape index (κ2) is 12.3. The smallest absolute Gasteiger partial charge is 0.265 e. The van der Waals surface area contributed by atoms with Crippen molar-refractivity contribution >= 4 is 43.5 Å². The molecule has 12 heteroatoms. The summed E-state index contributed by atoms with van der Waals surface area (Å²) in [4.78, 5) is 46.2. The van der Waals surface area contributed by atoms with E-state index < -0.39 is 37.3 Å². The fourth-order valence-corrected chi connectivity index (χ4v) is 8.10. The molecule has 2 unspecified atom stereocenters. The quantitative estimate of drug-likeness (QED) is 0.0872. The van der Waals surface area contributed by atoms with E-state index in [0.717, 1.165) is 19.3 Å². The fourth-order valence-electron chi connectivity index (χ4n) is 6.38. The Bertz CT molecular complexity index is 1560. The molecule has 10 nitrogen and oxygen atoms in total. The molecular formula is C33H43ClN2O8Si. The van der Waals surface area contributed by atoms with Crippen molar-refractivity contribution in [2.75, 3.05) is 13.2 Å². The van der Waals surface area contributed by atoms with E-state index in [1.54, 1.807) is 0 Å². The number of carbonyl (C=O) groups is 3. The molecule has 2 aromatic heterocycles. The number of aliphatic hydroxyl groups excluding tert-OH is 1. The Labute approximate surface area is 270 Å². The van der Waals surface area contributed by atoms with E-state index in [0.29, 0.717) is 37.1 Å². The van der Waals surface area contributed by atoms with Crippen LogP contribution in [0, 0.1) is 11.8 Å². The van der Waals surface area contributed by atoms with E-state index in [2.05, 4.69) is 10.1 Å². The molecule has 3 aliphatic carbocycles. The first-order valence-electron chi connectivity index (χ1n) is 15.9. The summed E-state index contributed by atoms with van der Waals surface area (Å²) >= 11 is 6.58. The van der Waals surface area contributed by atoms with E-state index in [9.17, 15) is 14.7 Å². The van der Waals surface area contributed by atoms with Crippen LogP contribution in [0.5, 0.6) is 11.6 Å². The third-order valence-electron chi connectivity index (χ3n) is 9.85. The Kier molecular flexibility index (Phi) is 9.11. The summed E-state index contributed by atoms with van der Waals surface area (Å²) in [5.74, 6) is -2.05. The number of halogens is 1. The number of nitrogens with zero attached hydrogens (tertiary/aromatic N) is 2. The molecular weight excluding hydrogens is 616 g/mol. The van der Waals surface area contributed by atoms with Crippen molar-refractivity contribution in [2.45, 2.75) is 103 Å². The summed E-state index contributed by atoms with van der Waals surface area (Å²) in [6.07, 6.45) is 4.57. The zero-order valence-electron chi connectivity index (χ0n) is 27.2. The minimum absolute atomic E-state index is 0.0577. The van der Waals surface area contributed by atoms with Gasteiger partial charge in [0.25, 0.3) is 5.88 Å². The van der Waals surface area contributed by atoms with E-state index >= 15 is 4.79 Å². The number of hydrogen-bond acceptors (Lipinski definition) is 10. The molecule has 5 rings (SSSR count). The molecule has 45 heavy (non-hydrogen) atoms. The van der Waals surface area contributed by atoms with Gasteiger partial charge in [-0.3, -0.25) is 14.4 Å². The van der Waals surface area contributed by atoms with Crippen LogP contribution in [-0.2, 0) is 22.1 Å². The monoisotopic (exact) mass is 658 g/mol. The summed E-state index contributed by atoms with van der Waals surface area (Å²) < 4.78 is 24.5. The maximum absolute atomic E-state index is 15.1. The van der Waals surface area contributed by atoms with Crippen LogP contribution in [-0.4, -0.2) is 60.2 Å². The molecule has 0 aliphatic heterocycles. The van der Waals surface area contributed by atoms with Gasteiger partial charge in [0.2, 0.25) is 11.6 Å². The average molecular weight is 659 g/mol. The van der Waals surface area contributed by atoms with Gasteiger partial charge >= 0.3 is 0 Å². The van der Waals surface area contributed by atoms with E-state index in [1.807, 2.05) is 47.7 Å². The summed E-state index contributed by atoms with van der Waals surface area (Å²) in [5.41, 5.74) is -1.10. The van der Waals surface area contributed by atoms with Crippen LogP contribution in [0.2, 0.25) is 23.3 Å². The highest BCUT2D eigenvalue weighted by atomic mass is 35.5. The Balaban J connectivity index is 1.71. The number of ketones is 2. The number of hydrogen-bond donors (Lipinski definition) is 1. The maximum Gasteiger partial charge on any atom is 0.265 e. The topological polar surface area (TPSA) is 138 Å². The Hall–Kier alpha value is -3.02. The second-order valence-electron chi connectivity index (χ2n) is 13.8. The molecule has 0 radical (unpaired) electrons. The number of carbonyl (C=O) groups excluding carboxylic acids is 3. The molecule has 0 amide bonds. The molecule has 0 bridgehead atoms. The maximum atomic E-state index is 15.1. The van der Waals surface area contributed by atoms with Gasteiger partial charge in [-0.25, -0.2) is 4.98 Å². The Morgan fingerprint density at radius 3 is 2.36 bits per heavy atom. The van der Waals surface area contributed by atoms with Crippen molar-refractivity contribution in [3.63, 3.8) is 0 Å². The minimum Gasteiger partial charge on any atom is -0.507 e. The van der Waals surface area contributed by atoms with Crippen molar-refractivity contribution in [3.8, 4) is 11.6 Å². The van der Waals surface area contributed by atoms with Gasteiger partial charge in [0.1, 0.15) is 22.2 Å². The summed E-state index contributed by atoms with van der Waals surface area (Å²) in [6.45, 7) is 14.8. The van der Waals surface area contributed by atoms with Crippen LogP contribution < -0.4 is 9.47 Å². The lowest BCUT2D eigenvalue weighted by Crippen LogP contribution is -2.66. The summed E-state index contributed by atoms with van der Waals surface area (Å²) in [6, 6.07) is 0. The van der Waals surface area contributed by atoms with Gasteiger partial charge in [-0.2, -0.15) is 0 Å². The molecule has 244 valence electrons. The third-order valence-corrected chi connectivity index (χ3v) is 14.6. The molecule has 0 spiro atoms. The van der Waals surface area contributed by atoms with Crippen molar-refractivity contribution in [1.29, 1.82) is 0 Å². The Morgan fingerprint density at radius 1 is 1.07 bits per heavy atom. The summed E-state index contributed by atoms with van der Waals surface area (Å²) in [5, 5.41) is 15.8. The number of aromatic nitrogens is 2. The number of rotatable bonds is 11. The SMILES string of the molecule is CCCCOc1noc2c1C(=O)[C@@]1(O[Si](C)(C)C(C)(C)C)C(=O)C3=C(O)c4c(c(Cl)nc(C=O)c4OCCCC)CC3CC1C2.